The minimum Gasteiger partial charge on any atom is -0.382 e. The van der Waals surface area contributed by atoms with Crippen molar-refractivity contribution in [1.82, 2.24) is 0 Å². The van der Waals surface area contributed by atoms with Crippen LogP contribution in [0.15, 0.2) is 18.2 Å². The Morgan fingerprint density at radius 3 is 2.88 bits per heavy atom. The molecule has 2 unspecified atom stereocenters. The van der Waals surface area contributed by atoms with Gasteiger partial charge in [0.1, 0.15) is 5.82 Å². The number of halogens is 1. The SMILES string of the molecule is Cc1cc(F)ccc1NC1CCCC(N)C1. The molecule has 1 fully saturated rings. The van der Waals surface area contributed by atoms with Crippen molar-refractivity contribution in [3.63, 3.8) is 0 Å². The summed E-state index contributed by atoms with van der Waals surface area (Å²) in [6.45, 7) is 1.92. The predicted octanol–water partition coefficient (Wildman–Crippen LogP) is 2.82. The molecule has 2 rings (SSSR count). The van der Waals surface area contributed by atoms with E-state index in [9.17, 15) is 4.39 Å². The molecule has 88 valence electrons. The summed E-state index contributed by atoms with van der Waals surface area (Å²) >= 11 is 0. The highest BCUT2D eigenvalue weighted by Gasteiger charge is 2.19. The first-order chi connectivity index (χ1) is 7.65. The maximum Gasteiger partial charge on any atom is 0.123 e. The van der Waals surface area contributed by atoms with Crippen LogP contribution >= 0.6 is 0 Å². The molecular weight excluding hydrogens is 203 g/mol. The van der Waals surface area contributed by atoms with Crippen LogP contribution in [0.3, 0.4) is 0 Å². The Bertz CT molecular complexity index is 365. The zero-order chi connectivity index (χ0) is 11.5. The summed E-state index contributed by atoms with van der Waals surface area (Å²) in [6, 6.07) is 5.62. The van der Waals surface area contributed by atoms with E-state index in [4.69, 9.17) is 5.73 Å². The molecule has 3 N–H and O–H groups in total. The molecule has 2 atom stereocenters. The Morgan fingerprint density at radius 1 is 1.38 bits per heavy atom. The molecule has 1 aromatic rings. The predicted molar refractivity (Wildman–Crippen MR) is 65.0 cm³/mol. The largest absolute Gasteiger partial charge is 0.382 e. The fraction of sp³-hybridized carbons (Fsp3) is 0.538. The van der Waals surface area contributed by atoms with Gasteiger partial charge in [-0.1, -0.05) is 0 Å². The van der Waals surface area contributed by atoms with E-state index in [0.717, 1.165) is 30.5 Å². The van der Waals surface area contributed by atoms with Gasteiger partial charge in [-0.2, -0.15) is 0 Å². The van der Waals surface area contributed by atoms with Gasteiger partial charge in [0.15, 0.2) is 0 Å². The summed E-state index contributed by atoms with van der Waals surface area (Å²) in [4.78, 5) is 0. The lowest BCUT2D eigenvalue weighted by molar-refractivity contribution is 0.409. The van der Waals surface area contributed by atoms with Crippen molar-refractivity contribution in [3.05, 3.63) is 29.6 Å². The van der Waals surface area contributed by atoms with Crippen LogP contribution in [0.2, 0.25) is 0 Å². The maximum absolute atomic E-state index is 12.9. The molecule has 0 bridgehead atoms. The fourth-order valence-electron chi connectivity index (χ4n) is 2.37. The van der Waals surface area contributed by atoms with Crippen LogP contribution < -0.4 is 11.1 Å². The van der Waals surface area contributed by atoms with E-state index < -0.39 is 0 Å². The van der Waals surface area contributed by atoms with E-state index in [-0.39, 0.29) is 5.82 Å². The zero-order valence-electron chi connectivity index (χ0n) is 9.67. The molecule has 0 heterocycles. The van der Waals surface area contributed by atoms with Crippen molar-refractivity contribution in [1.29, 1.82) is 0 Å². The molecule has 0 aliphatic heterocycles. The first-order valence-electron chi connectivity index (χ1n) is 5.93. The Morgan fingerprint density at radius 2 is 2.19 bits per heavy atom. The summed E-state index contributed by atoms with van der Waals surface area (Å²) in [5.41, 5.74) is 7.93. The Balaban J connectivity index is 2.02. The van der Waals surface area contributed by atoms with Gasteiger partial charge in [-0.3, -0.25) is 0 Å². The summed E-state index contributed by atoms with van der Waals surface area (Å²) in [5, 5.41) is 3.46. The number of nitrogens with two attached hydrogens (primary N) is 1. The Labute approximate surface area is 96.0 Å². The molecule has 1 aliphatic carbocycles. The highest BCUT2D eigenvalue weighted by molar-refractivity contribution is 5.51. The van der Waals surface area contributed by atoms with E-state index in [1.165, 1.54) is 12.5 Å². The first-order valence-corrected chi connectivity index (χ1v) is 5.93. The molecule has 1 aliphatic rings. The topological polar surface area (TPSA) is 38.0 Å². The van der Waals surface area contributed by atoms with Gasteiger partial charge in [0.05, 0.1) is 0 Å². The number of benzene rings is 1. The maximum atomic E-state index is 12.9. The number of anilines is 1. The molecule has 0 aromatic heterocycles. The van der Waals surface area contributed by atoms with Crippen LogP contribution in [0.25, 0.3) is 0 Å². The van der Waals surface area contributed by atoms with Gasteiger partial charge in [0.2, 0.25) is 0 Å². The Kier molecular flexibility index (Phi) is 3.44. The second kappa shape index (κ2) is 4.83. The minimum absolute atomic E-state index is 0.177. The zero-order valence-corrected chi connectivity index (χ0v) is 9.67. The minimum atomic E-state index is -0.177. The van der Waals surface area contributed by atoms with Crippen molar-refractivity contribution >= 4 is 5.69 Å². The lowest BCUT2D eigenvalue weighted by atomic mass is 9.91. The van der Waals surface area contributed by atoms with Crippen LogP contribution in [-0.2, 0) is 0 Å². The number of aryl methyl sites for hydroxylation is 1. The molecule has 3 heteroatoms. The molecule has 1 aromatic carbocycles. The van der Waals surface area contributed by atoms with Gasteiger partial charge in [-0.15, -0.1) is 0 Å². The summed E-state index contributed by atoms with van der Waals surface area (Å²) in [5.74, 6) is -0.177. The van der Waals surface area contributed by atoms with Crippen molar-refractivity contribution < 1.29 is 4.39 Å². The van der Waals surface area contributed by atoms with Crippen molar-refractivity contribution in [3.8, 4) is 0 Å². The van der Waals surface area contributed by atoms with Gasteiger partial charge in [0.25, 0.3) is 0 Å². The number of rotatable bonds is 2. The third-order valence-corrected chi connectivity index (χ3v) is 3.26. The van der Waals surface area contributed by atoms with Crippen LogP contribution in [0.5, 0.6) is 0 Å². The van der Waals surface area contributed by atoms with Crippen molar-refractivity contribution in [2.75, 3.05) is 5.32 Å². The molecular formula is C13H19FN2. The second-order valence-corrected chi connectivity index (χ2v) is 4.73. The third kappa shape index (κ3) is 2.73. The van der Waals surface area contributed by atoms with E-state index in [2.05, 4.69) is 5.32 Å². The standard InChI is InChI=1S/C13H19FN2/c1-9-7-10(14)5-6-13(9)16-12-4-2-3-11(15)8-12/h5-7,11-12,16H,2-4,8,15H2,1H3. The van der Waals surface area contributed by atoms with Gasteiger partial charge in [-0.05, 0) is 56.4 Å². The lowest BCUT2D eigenvalue weighted by Gasteiger charge is -2.28. The van der Waals surface area contributed by atoms with E-state index in [1.807, 2.05) is 13.0 Å². The normalized spacial score (nSPS) is 25.4. The smallest absolute Gasteiger partial charge is 0.123 e. The van der Waals surface area contributed by atoms with E-state index in [1.54, 1.807) is 6.07 Å². The van der Waals surface area contributed by atoms with Gasteiger partial charge in [-0.25, -0.2) is 4.39 Å². The van der Waals surface area contributed by atoms with E-state index in [0.29, 0.717) is 12.1 Å². The molecule has 0 saturated heterocycles. The monoisotopic (exact) mass is 222 g/mol. The molecule has 1 saturated carbocycles. The average molecular weight is 222 g/mol. The second-order valence-electron chi connectivity index (χ2n) is 4.73. The van der Waals surface area contributed by atoms with Crippen LogP contribution in [-0.4, -0.2) is 12.1 Å². The summed E-state index contributed by atoms with van der Waals surface area (Å²) in [6.07, 6.45) is 4.47. The fourth-order valence-corrected chi connectivity index (χ4v) is 2.37. The quantitative estimate of drug-likeness (QED) is 0.807. The summed E-state index contributed by atoms with van der Waals surface area (Å²) in [7, 11) is 0. The Hall–Kier alpha value is -1.09. The van der Waals surface area contributed by atoms with Gasteiger partial charge >= 0.3 is 0 Å². The highest BCUT2D eigenvalue weighted by atomic mass is 19.1. The number of hydrogen-bond acceptors (Lipinski definition) is 2. The summed E-state index contributed by atoms with van der Waals surface area (Å²) < 4.78 is 12.9. The van der Waals surface area contributed by atoms with Gasteiger partial charge < -0.3 is 11.1 Å². The molecule has 0 spiro atoms. The highest BCUT2D eigenvalue weighted by Crippen LogP contribution is 2.23. The van der Waals surface area contributed by atoms with Crippen molar-refractivity contribution in [2.24, 2.45) is 5.73 Å². The van der Waals surface area contributed by atoms with Crippen LogP contribution in [0, 0.1) is 12.7 Å². The van der Waals surface area contributed by atoms with E-state index >= 15 is 0 Å². The third-order valence-electron chi connectivity index (χ3n) is 3.26. The first kappa shape index (κ1) is 11.4. The number of nitrogens with one attached hydrogen (secondary N) is 1. The van der Waals surface area contributed by atoms with Crippen molar-refractivity contribution in [2.45, 2.75) is 44.7 Å². The van der Waals surface area contributed by atoms with Gasteiger partial charge in [0, 0.05) is 17.8 Å². The molecule has 0 radical (unpaired) electrons. The lowest BCUT2D eigenvalue weighted by Crippen LogP contribution is -2.35. The molecule has 2 nitrogen and oxygen atoms in total. The average Bonchev–Trinajstić information content (AvgIpc) is 2.22. The van der Waals surface area contributed by atoms with Crippen LogP contribution in [0.4, 0.5) is 10.1 Å². The molecule has 0 amide bonds. The number of hydrogen-bond donors (Lipinski definition) is 2. The van der Waals surface area contributed by atoms with Crippen LogP contribution in [0.1, 0.15) is 31.2 Å². The molecule has 16 heavy (non-hydrogen) atoms.